The number of para-hydroxylation sites is 3. The number of nitrogens with one attached hydrogen (secondary N) is 1. The molecule has 0 spiro atoms. The molecule has 0 saturated carbocycles. The van der Waals surface area contributed by atoms with E-state index in [-0.39, 0.29) is 24.8 Å². The van der Waals surface area contributed by atoms with Gasteiger partial charge in [-0.1, -0.05) is 49.4 Å². The topological polar surface area (TPSA) is 84.3 Å². The molecule has 0 aliphatic rings. The third-order valence-electron chi connectivity index (χ3n) is 6.03. The maximum atomic E-state index is 13.6. The molecule has 0 bridgehead atoms. The third kappa shape index (κ3) is 5.17. The van der Waals surface area contributed by atoms with E-state index in [0.29, 0.717) is 16.6 Å². The number of carbonyl (C=O) groups excluding carboxylic acids is 2. The Labute approximate surface area is 208 Å². The van der Waals surface area contributed by atoms with Crippen molar-refractivity contribution in [3.63, 3.8) is 0 Å². The Balaban J connectivity index is 1.75. The molecule has 7 nitrogen and oxygen atoms in total. The Morgan fingerprint density at radius 1 is 1.03 bits per heavy atom. The lowest BCUT2D eigenvalue weighted by Gasteiger charge is -2.22. The quantitative estimate of drug-likeness (QED) is 0.414. The second-order valence-corrected chi connectivity index (χ2v) is 8.56. The number of rotatable bonds is 7. The van der Waals surface area contributed by atoms with Crippen LogP contribution in [0.25, 0.3) is 11.0 Å². The molecule has 0 radical (unpaired) electrons. The first-order valence-electron chi connectivity index (χ1n) is 11.7. The molecule has 0 unspecified atom stereocenters. The molecule has 3 aromatic carbocycles. The van der Waals surface area contributed by atoms with E-state index in [4.69, 9.17) is 0 Å². The summed E-state index contributed by atoms with van der Waals surface area (Å²) in [5.74, 6) is -1.26. The molecule has 184 valence electrons. The number of anilines is 2. The van der Waals surface area contributed by atoms with Gasteiger partial charge in [-0.05, 0) is 54.3 Å². The van der Waals surface area contributed by atoms with Crippen molar-refractivity contribution < 1.29 is 14.0 Å². The predicted octanol–water partition coefficient (Wildman–Crippen LogP) is 4.60. The zero-order chi connectivity index (χ0) is 25.8. The number of halogens is 1. The van der Waals surface area contributed by atoms with Gasteiger partial charge in [-0.3, -0.25) is 23.9 Å². The first-order chi connectivity index (χ1) is 17.3. The van der Waals surface area contributed by atoms with Crippen LogP contribution in [0.3, 0.4) is 0 Å². The smallest absolute Gasteiger partial charge is 0.294 e. The number of carbonyl (C=O) groups is 2. The maximum absolute atomic E-state index is 13.6. The number of hydrogen-bond acceptors (Lipinski definition) is 4. The molecule has 0 aliphatic carbocycles. The van der Waals surface area contributed by atoms with Crippen molar-refractivity contribution in [1.82, 2.24) is 9.55 Å². The molecule has 4 rings (SSSR count). The number of benzene rings is 3. The van der Waals surface area contributed by atoms with E-state index in [9.17, 15) is 18.8 Å². The molecule has 36 heavy (non-hydrogen) atoms. The van der Waals surface area contributed by atoms with Gasteiger partial charge in [0, 0.05) is 12.6 Å². The van der Waals surface area contributed by atoms with Crippen LogP contribution in [0.5, 0.6) is 0 Å². The summed E-state index contributed by atoms with van der Waals surface area (Å²) in [6, 6.07) is 18.5. The molecule has 1 aromatic heterocycles. The molecule has 0 saturated heterocycles. The van der Waals surface area contributed by atoms with Crippen molar-refractivity contribution in [2.24, 2.45) is 0 Å². The molecule has 0 aliphatic heterocycles. The molecule has 1 N–H and O–H groups in total. The summed E-state index contributed by atoms with van der Waals surface area (Å²) < 4.78 is 14.7. The lowest BCUT2D eigenvalue weighted by molar-refractivity contribution is -0.117. The lowest BCUT2D eigenvalue weighted by Crippen LogP contribution is -2.38. The lowest BCUT2D eigenvalue weighted by atomic mass is 10.1. The molecular weight excluding hydrogens is 459 g/mol. The monoisotopic (exact) mass is 486 g/mol. The molecular formula is C28H27FN4O3. The average Bonchev–Trinajstić information content (AvgIpc) is 2.86. The van der Waals surface area contributed by atoms with Crippen molar-refractivity contribution in [1.29, 1.82) is 0 Å². The van der Waals surface area contributed by atoms with Crippen molar-refractivity contribution in [3.8, 4) is 0 Å². The Kier molecular flexibility index (Phi) is 7.24. The van der Waals surface area contributed by atoms with Gasteiger partial charge in [0.25, 0.3) is 5.56 Å². The van der Waals surface area contributed by atoms with Crippen LogP contribution in [0, 0.1) is 12.7 Å². The summed E-state index contributed by atoms with van der Waals surface area (Å²) in [4.78, 5) is 45.0. The van der Waals surface area contributed by atoms with Gasteiger partial charge in [-0.25, -0.2) is 9.37 Å². The van der Waals surface area contributed by atoms with Crippen molar-refractivity contribution >= 4 is 34.4 Å². The van der Waals surface area contributed by atoms with Crippen LogP contribution in [0.4, 0.5) is 15.9 Å². The number of aromatic nitrogens is 2. The first-order valence-corrected chi connectivity index (χ1v) is 11.7. The normalized spacial score (nSPS) is 10.9. The molecule has 1 heterocycles. The fourth-order valence-corrected chi connectivity index (χ4v) is 4.14. The molecule has 4 aromatic rings. The van der Waals surface area contributed by atoms with E-state index in [1.165, 1.54) is 28.5 Å². The van der Waals surface area contributed by atoms with Gasteiger partial charge >= 0.3 is 0 Å². The summed E-state index contributed by atoms with van der Waals surface area (Å²) in [5, 5.41) is 2.95. The van der Waals surface area contributed by atoms with E-state index >= 15 is 0 Å². The van der Waals surface area contributed by atoms with E-state index in [0.717, 1.165) is 23.2 Å². The van der Waals surface area contributed by atoms with Crippen LogP contribution in [0.2, 0.25) is 0 Å². The number of nitrogens with zero attached hydrogens (tertiary/aromatic N) is 3. The van der Waals surface area contributed by atoms with Crippen molar-refractivity contribution in [3.05, 3.63) is 99.6 Å². The number of amides is 2. The van der Waals surface area contributed by atoms with Gasteiger partial charge in [-0.15, -0.1) is 0 Å². The van der Waals surface area contributed by atoms with E-state index < -0.39 is 17.3 Å². The van der Waals surface area contributed by atoms with Crippen molar-refractivity contribution in [2.45, 2.75) is 40.3 Å². The highest BCUT2D eigenvalue weighted by atomic mass is 19.1. The van der Waals surface area contributed by atoms with Gasteiger partial charge < -0.3 is 5.32 Å². The van der Waals surface area contributed by atoms with Gasteiger partial charge in [-0.2, -0.15) is 0 Å². The minimum Gasteiger partial charge on any atom is -0.324 e. The summed E-state index contributed by atoms with van der Waals surface area (Å²) >= 11 is 0. The SMILES string of the molecule is CCc1cccc(C)c1NC(=O)Cn1c(=O)c(N(Cc2ccc(F)cc2)C(C)=O)nc2ccccc21. The third-order valence-corrected chi connectivity index (χ3v) is 6.03. The highest BCUT2D eigenvalue weighted by Crippen LogP contribution is 2.22. The number of hydrogen-bond donors (Lipinski definition) is 1. The van der Waals surface area contributed by atoms with Crippen LogP contribution >= 0.6 is 0 Å². The maximum Gasteiger partial charge on any atom is 0.294 e. The minimum absolute atomic E-state index is 0.0332. The second-order valence-electron chi connectivity index (χ2n) is 8.56. The molecule has 8 heteroatoms. The highest BCUT2D eigenvalue weighted by molar-refractivity contribution is 5.94. The highest BCUT2D eigenvalue weighted by Gasteiger charge is 2.22. The summed E-state index contributed by atoms with van der Waals surface area (Å²) in [5.41, 5.74) is 3.68. The zero-order valence-corrected chi connectivity index (χ0v) is 20.4. The van der Waals surface area contributed by atoms with E-state index in [2.05, 4.69) is 10.3 Å². The number of fused-ring (bicyclic) bond motifs is 1. The Bertz CT molecular complexity index is 1500. The predicted molar refractivity (Wildman–Crippen MR) is 138 cm³/mol. The average molecular weight is 487 g/mol. The Morgan fingerprint density at radius 3 is 2.44 bits per heavy atom. The van der Waals surface area contributed by atoms with Crippen LogP contribution in [0.15, 0.2) is 71.5 Å². The van der Waals surface area contributed by atoms with Crippen LogP contribution < -0.4 is 15.8 Å². The summed E-state index contributed by atoms with van der Waals surface area (Å²) in [6.07, 6.45) is 0.747. The standard InChI is InChI=1S/C28H27FN4O3/c1-4-21-9-7-8-18(2)26(21)31-25(35)17-33-24-11-6-5-10-23(24)30-27(28(33)36)32(19(3)34)16-20-12-14-22(29)15-13-20/h5-15H,4,16-17H2,1-3H3,(H,31,35). The fourth-order valence-electron chi connectivity index (χ4n) is 4.14. The zero-order valence-electron chi connectivity index (χ0n) is 20.4. The largest absolute Gasteiger partial charge is 0.324 e. The van der Waals surface area contributed by atoms with E-state index in [1.54, 1.807) is 36.4 Å². The Hall–Kier alpha value is -4.33. The summed E-state index contributed by atoms with van der Waals surface area (Å²) in [7, 11) is 0. The fraction of sp³-hybridized carbons (Fsp3) is 0.214. The van der Waals surface area contributed by atoms with Crippen LogP contribution in [-0.4, -0.2) is 21.4 Å². The second kappa shape index (κ2) is 10.5. The minimum atomic E-state index is -0.568. The van der Waals surface area contributed by atoms with Crippen molar-refractivity contribution in [2.75, 3.05) is 10.2 Å². The van der Waals surface area contributed by atoms with Crippen LogP contribution in [0.1, 0.15) is 30.5 Å². The molecule has 2 amide bonds. The van der Waals surface area contributed by atoms with E-state index in [1.807, 2.05) is 32.0 Å². The van der Waals surface area contributed by atoms with Gasteiger partial charge in [0.05, 0.1) is 17.6 Å². The van der Waals surface area contributed by atoms with Crippen LogP contribution in [-0.2, 0) is 29.1 Å². The summed E-state index contributed by atoms with van der Waals surface area (Å²) in [6.45, 7) is 5.04. The Morgan fingerprint density at radius 2 is 1.75 bits per heavy atom. The molecule has 0 fully saturated rings. The van der Waals surface area contributed by atoms with Gasteiger partial charge in [0.15, 0.2) is 0 Å². The van der Waals surface area contributed by atoms with Gasteiger partial charge in [0.1, 0.15) is 12.4 Å². The molecule has 0 atom stereocenters. The number of aryl methyl sites for hydroxylation is 2. The van der Waals surface area contributed by atoms with Gasteiger partial charge in [0.2, 0.25) is 17.6 Å². The first kappa shape index (κ1) is 24.8.